The van der Waals surface area contributed by atoms with E-state index in [1.54, 1.807) is 0 Å². The lowest BCUT2D eigenvalue weighted by molar-refractivity contribution is 0.0650. The molecule has 3 rings (SSSR count). The van der Waals surface area contributed by atoms with Crippen molar-refractivity contribution in [3.8, 4) is 16.3 Å². The molecule has 1 aliphatic heterocycles. The van der Waals surface area contributed by atoms with E-state index in [2.05, 4.69) is 17.2 Å². The molecule has 2 aromatic rings. The quantitative estimate of drug-likeness (QED) is 0.848. The second-order valence-electron chi connectivity index (χ2n) is 5.55. The van der Waals surface area contributed by atoms with E-state index in [1.807, 2.05) is 41.5 Å². The summed E-state index contributed by atoms with van der Waals surface area (Å²) in [7, 11) is 0. The maximum absolute atomic E-state index is 12.6. The largest absolute Gasteiger partial charge is 0.494 e. The van der Waals surface area contributed by atoms with Crippen molar-refractivity contribution < 1.29 is 9.53 Å². The third-order valence-electron chi connectivity index (χ3n) is 3.90. The number of hydrogen-bond donors (Lipinski definition) is 1. The molecule has 0 radical (unpaired) electrons. The number of nitrogens with one attached hydrogen (secondary N) is 1. The monoisotopic (exact) mass is 403 g/mol. The van der Waals surface area contributed by atoms with E-state index in [0.717, 1.165) is 36.0 Å². The SMILES string of the molecule is CCOc1ccc(-c2nc(C(=O)N3CCNC[C@@H]3C)cs2)cc1.Cl.Cl. The number of rotatable bonds is 4. The van der Waals surface area contributed by atoms with Crippen molar-refractivity contribution in [1.82, 2.24) is 15.2 Å². The number of piperazine rings is 1. The number of hydrogen-bond acceptors (Lipinski definition) is 5. The molecule has 8 heteroatoms. The molecule has 0 aliphatic carbocycles. The molecule has 0 saturated carbocycles. The van der Waals surface area contributed by atoms with Gasteiger partial charge in [0.05, 0.1) is 6.61 Å². The molecular formula is C17H23Cl2N3O2S. The van der Waals surface area contributed by atoms with Crippen LogP contribution in [-0.4, -0.2) is 48.1 Å². The van der Waals surface area contributed by atoms with Crippen LogP contribution in [0.4, 0.5) is 0 Å². The Morgan fingerprint density at radius 3 is 2.72 bits per heavy atom. The van der Waals surface area contributed by atoms with Gasteiger partial charge in [0.1, 0.15) is 16.5 Å². The molecule has 1 saturated heterocycles. The molecule has 0 unspecified atom stereocenters. The lowest BCUT2D eigenvalue weighted by Crippen LogP contribution is -2.52. The number of carbonyl (C=O) groups is 1. The summed E-state index contributed by atoms with van der Waals surface area (Å²) < 4.78 is 5.45. The summed E-state index contributed by atoms with van der Waals surface area (Å²) in [5, 5.41) is 6.00. The van der Waals surface area contributed by atoms with E-state index in [1.165, 1.54) is 11.3 Å². The predicted octanol–water partition coefficient (Wildman–Crippen LogP) is 3.49. The van der Waals surface area contributed by atoms with Crippen molar-refractivity contribution in [2.24, 2.45) is 0 Å². The molecule has 1 aromatic carbocycles. The Balaban J connectivity index is 0.00000156. The lowest BCUT2D eigenvalue weighted by Gasteiger charge is -2.33. The maximum atomic E-state index is 12.6. The smallest absolute Gasteiger partial charge is 0.273 e. The highest BCUT2D eigenvalue weighted by atomic mass is 35.5. The highest BCUT2D eigenvalue weighted by Gasteiger charge is 2.25. The number of halogens is 2. The van der Waals surface area contributed by atoms with Crippen LogP contribution >= 0.6 is 36.2 Å². The average molecular weight is 404 g/mol. The van der Waals surface area contributed by atoms with E-state index in [9.17, 15) is 4.79 Å². The summed E-state index contributed by atoms with van der Waals surface area (Å²) >= 11 is 1.50. The summed E-state index contributed by atoms with van der Waals surface area (Å²) in [6.07, 6.45) is 0. The zero-order chi connectivity index (χ0) is 16.2. The highest BCUT2D eigenvalue weighted by Crippen LogP contribution is 2.26. The number of carbonyl (C=O) groups excluding carboxylic acids is 1. The van der Waals surface area contributed by atoms with Crippen LogP contribution in [0.2, 0.25) is 0 Å². The summed E-state index contributed by atoms with van der Waals surface area (Å²) in [4.78, 5) is 19.0. The molecule has 1 N–H and O–H groups in total. The van der Waals surface area contributed by atoms with Crippen LogP contribution in [0.15, 0.2) is 29.6 Å². The fraction of sp³-hybridized carbons (Fsp3) is 0.412. The molecule has 1 atom stereocenters. The van der Waals surface area contributed by atoms with Crippen LogP contribution in [0.3, 0.4) is 0 Å². The van der Waals surface area contributed by atoms with Crippen molar-refractivity contribution in [2.75, 3.05) is 26.2 Å². The van der Waals surface area contributed by atoms with Crippen LogP contribution in [0, 0.1) is 0 Å². The van der Waals surface area contributed by atoms with Crippen LogP contribution in [0.5, 0.6) is 5.75 Å². The van der Waals surface area contributed by atoms with E-state index in [0.29, 0.717) is 12.3 Å². The normalized spacial score (nSPS) is 16.6. The van der Waals surface area contributed by atoms with Crippen molar-refractivity contribution >= 4 is 42.1 Å². The van der Waals surface area contributed by atoms with Gasteiger partial charge in [-0.05, 0) is 38.1 Å². The first kappa shape index (κ1) is 21.7. The summed E-state index contributed by atoms with van der Waals surface area (Å²) in [5.74, 6) is 0.867. The molecule has 0 bridgehead atoms. The molecule has 0 spiro atoms. The standard InChI is InChI=1S/C17H21N3O2S.2ClH/c1-3-22-14-6-4-13(5-7-14)16-19-15(11-23-16)17(21)20-9-8-18-10-12(20)2;;/h4-7,11-12,18H,3,8-10H2,1-2H3;2*1H/t12-;;/m0../s1. The molecule has 1 aliphatic rings. The number of thiazole rings is 1. The summed E-state index contributed by atoms with van der Waals surface area (Å²) in [6, 6.07) is 8.02. The first-order valence-electron chi connectivity index (χ1n) is 7.89. The number of nitrogens with zero attached hydrogens (tertiary/aromatic N) is 2. The van der Waals surface area contributed by atoms with Gasteiger partial charge >= 0.3 is 0 Å². The fourth-order valence-corrected chi connectivity index (χ4v) is 3.45. The fourth-order valence-electron chi connectivity index (χ4n) is 2.65. The Hall–Kier alpha value is -1.34. The van der Waals surface area contributed by atoms with Gasteiger partial charge in [-0.1, -0.05) is 0 Å². The van der Waals surface area contributed by atoms with Gasteiger partial charge in [0.25, 0.3) is 5.91 Å². The van der Waals surface area contributed by atoms with Gasteiger partial charge in [0.15, 0.2) is 0 Å². The average Bonchev–Trinajstić information content (AvgIpc) is 3.06. The molecule has 5 nitrogen and oxygen atoms in total. The van der Waals surface area contributed by atoms with Crippen molar-refractivity contribution in [1.29, 1.82) is 0 Å². The third kappa shape index (κ3) is 5.07. The second-order valence-corrected chi connectivity index (χ2v) is 6.41. The second kappa shape index (κ2) is 9.97. The molecule has 2 heterocycles. The van der Waals surface area contributed by atoms with Crippen molar-refractivity contribution in [3.63, 3.8) is 0 Å². The van der Waals surface area contributed by atoms with Gasteiger partial charge < -0.3 is 15.0 Å². The van der Waals surface area contributed by atoms with Crippen molar-refractivity contribution in [2.45, 2.75) is 19.9 Å². The molecule has 138 valence electrons. The van der Waals surface area contributed by atoms with Gasteiger partial charge in [-0.15, -0.1) is 36.2 Å². The Labute approximate surface area is 164 Å². The number of amides is 1. The van der Waals surface area contributed by atoms with Gasteiger partial charge in [-0.2, -0.15) is 0 Å². The Bertz CT molecular complexity index is 679. The van der Waals surface area contributed by atoms with E-state index in [-0.39, 0.29) is 36.8 Å². The van der Waals surface area contributed by atoms with Crippen LogP contribution < -0.4 is 10.1 Å². The van der Waals surface area contributed by atoms with Gasteiger partial charge in [0.2, 0.25) is 0 Å². The minimum atomic E-state index is 0. The number of aromatic nitrogens is 1. The van der Waals surface area contributed by atoms with Gasteiger partial charge in [0, 0.05) is 36.6 Å². The molecule has 1 aromatic heterocycles. The lowest BCUT2D eigenvalue weighted by atomic mass is 10.2. The molecule has 1 amide bonds. The summed E-state index contributed by atoms with van der Waals surface area (Å²) in [6.45, 7) is 7.08. The first-order chi connectivity index (χ1) is 11.2. The summed E-state index contributed by atoms with van der Waals surface area (Å²) in [5.41, 5.74) is 1.54. The minimum Gasteiger partial charge on any atom is -0.494 e. The topological polar surface area (TPSA) is 54.5 Å². The molecule has 1 fully saturated rings. The third-order valence-corrected chi connectivity index (χ3v) is 4.79. The Morgan fingerprint density at radius 2 is 2.08 bits per heavy atom. The number of benzene rings is 1. The van der Waals surface area contributed by atoms with Crippen molar-refractivity contribution in [3.05, 3.63) is 35.3 Å². The van der Waals surface area contributed by atoms with E-state index in [4.69, 9.17) is 4.74 Å². The van der Waals surface area contributed by atoms with Gasteiger partial charge in [-0.3, -0.25) is 4.79 Å². The van der Waals surface area contributed by atoms with Crippen LogP contribution in [-0.2, 0) is 0 Å². The predicted molar refractivity (Wildman–Crippen MR) is 107 cm³/mol. The van der Waals surface area contributed by atoms with E-state index >= 15 is 0 Å². The van der Waals surface area contributed by atoms with Gasteiger partial charge in [-0.25, -0.2) is 4.98 Å². The zero-order valence-corrected chi connectivity index (χ0v) is 16.7. The van der Waals surface area contributed by atoms with E-state index < -0.39 is 0 Å². The Morgan fingerprint density at radius 1 is 1.36 bits per heavy atom. The number of ether oxygens (including phenoxy) is 1. The van der Waals surface area contributed by atoms with Crippen LogP contribution in [0.1, 0.15) is 24.3 Å². The molecular weight excluding hydrogens is 381 g/mol. The first-order valence-corrected chi connectivity index (χ1v) is 8.77. The maximum Gasteiger partial charge on any atom is 0.273 e. The minimum absolute atomic E-state index is 0. The highest BCUT2D eigenvalue weighted by molar-refractivity contribution is 7.13. The van der Waals surface area contributed by atoms with Crippen LogP contribution in [0.25, 0.3) is 10.6 Å². The Kier molecular flexibility index (Phi) is 8.65. The molecule has 25 heavy (non-hydrogen) atoms. The zero-order valence-electron chi connectivity index (χ0n) is 14.2.